The molecule has 2 aromatic rings. The van der Waals surface area contributed by atoms with Crippen LogP contribution in [0.3, 0.4) is 0 Å². The van der Waals surface area contributed by atoms with Crippen LogP contribution in [-0.2, 0) is 0 Å². The Morgan fingerprint density at radius 1 is 1.11 bits per heavy atom. The molecule has 0 spiro atoms. The van der Waals surface area contributed by atoms with Crippen LogP contribution in [0.1, 0.15) is 35.9 Å². The highest BCUT2D eigenvalue weighted by Crippen LogP contribution is 2.45. The number of alkyl halides is 3. The van der Waals surface area contributed by atoms with Crippen LogP contribution >= 0.6 is 0 Å². The van der Waals surface area contributed by atoms with Crippen LogP contribution in [0.4, 0.5) is 13.2 Å². The molecule has 0 amide bonds. The first kappa shape index (κ1) is 19.5. The number of hydrazine groups is 1. The van der Waals surface area contributed by atoms with Gasteiger partial charge >= 0.3 is 6.36 Å². The smallest absolute Gasteiger partial charge is 0.496 e. The molecule has 0 radical (unpaired) electrons. The van der Waals surface area contributed by atoms with Gasteiger partial charge in [0.1, 0.15) is 11.5 Å². The summed E-state index contributed by atoms with van der Waals surface area (Å²) in [6.07, 6.45) is -2.97. The summed E-state index contributed by atoms with van der Waals surface area (Å²) in [6.45, 7) is 0.855. The lowest BCUT2D eigenvalue weighted by Gasteiger charge is -2.41. The molecular formula is C20H23F3N2O2. The van der Waals surface area contributed by atoms with Crippen molar-refractivity contribution in [2.45, 2.75) is 31.2 Å². The molecule has 0 aliphatic carbocycles. The Balaban J connectivity index is 2.04. The van der Waals surface area contributed by atoms with Gasteiger partial charge in [0.15, 0.2) is 0 Å². The van der Waals surface area contributed by atoms with E-state index >= 15 is 0 Å². The standard InChI is InChI=1S/C20H23F3N2O2/c1-24-25-12-6-9-16(19(25)14-7-4-3-5-8-14)17-13-15(27-20(21,22)23)10-11-18(17)26-2/h3-5,7-8,10-11,13,16,19,24H,6,9,12H2,1-2H3. The van der Waals surface area contributed by atoms with Crippen molar-refractivity contribution in [3.8, 4) is 11.5 Å². The molecule has 1 heterocycles. The van der Waals surface area contributed by atoms with E-state index in [9.17, 15) is 13.2 Å². The van der Waals surface area contributed by atoms with Gasteiger partial charge in [-0.25, -0.2) is 5.01 Å². The minimum Gasteiger partial charge on any atom is -0.496 e. The predicted molar refractivity (Wildman–Crippen MR) is 96.6 cm³/mol. The molecular weight excluding hydrogens is 357 g/mol. The fraction of sp³-hybridized carbons (Fsp3) is 0.400. The van der Waals surface area contributed by atoms with Gasteiger partial charge in [0.05, 0.1) is 13.2 Å². The first-order chi connectivity index (χ1) is 12.9. The maximum absolute atomic E-state index is 12.7. The molecule has 2 aromatic carbocycles. The van der Waals surface area contributed by atoms with E-state index in [0.29, 0.717) is 11.3 Å². The van der Waals surface area contributed by atoms with Gasteiger partial charge < -0.3 is 9.47 Å². The number of nitrogens with one attached hydrogen (secondary N) is 1. The highest BCUT2D eigenvalue weighted by molar-refractivity contribution is 5.44. The number of halogens is 3. The van der Waals surface area contributed by atoms with Crippen LogP contribution in [0, 0.1) is 0 Å². The van der Waals surface area contributed by atoms with E-state index < -0.39 is 6.36 Å². The molecule has 146 valence electrons. The molecule has 1 aliphatic heterocycles. The number of hydrogen-bond donors (Lipinski definition) is 1. The molecule has 0 bridgehead atoms. The minimum absolute atomic E-state index is 0.0278. The molecule has 4 nitrogen and oxygen atoms in total. The second-order valence-corrected chi connectivity index (χ2v) is 6.47. The molecule has 1 aliphatic rings. The average Bonchev–Trinajstić information content (AvgIpc) is 2.66. The number of piperidine rings is 1. The summed E-state index contributed by atoms with van der Waals surface area (Å²) < 4.78 is 47.7. The number of benzene rings is 2. The Hall–Kier alpha value is -2.25. The molecule has 1 saturated heterocycles. The van der Waals surface area contributed by atoms with Crippen LogP contribution in [0.2, 0.25) is 0 Å². The van der Waals surface area contributed by atoms with Gasteiger partial charge in [0.25, 0.3) is 0 Å². The van der Waals surface area contributed by atoms with Gasteiger partial charge in [-0.15, -0.1) is 13.2 Å². The lowest BCUT2D eigenvalue weighted by atomic mass is 9.80. The quantitative estimate of drug-likeness (QED) is 0.819. The Morgan fingerprint density at radius 3 is 2.48 bits per heavy atom. The van der Waals surface area contributed by atoms with Crippen LogP contribution in [0.5, 0.6) is 11.5 Å². The summed E-state index contributed by atoms with van der Waals surface area (Å²) >= 11 is 0. The Labute approximate surface area is 156 Å². The predicted octanol–water partition coefficient (Wildman–Crippen LogP) is 4.65. The summed E-state index contributed by atoms with van der Waals surface area (Å²) in [4.78, 5) is 0. The lowest BCUT2D eigenvalue weighted by Crippen LogP contribution is -2.44. The topological polar surface area (TPSA) is 33.7 Å². The van der Waals surface area contributed by atoms with Crippen molar-refractivity contribution >= 4 is 0 Å². The zero-order valence-electron chi connectivity index (χ0n) is 15.3. The van der Waals surface area contributed by atoms with E-state index in [1.54, 1.807) is 0 Å². The Kier molecular flexibility index (Phi) is 5.92. The summed E-state index contributed by atoms with van der Waals surface area (Å²) in [5, 5.41) is 2.13. The van der Waals surface area contributed by atoms with Gasteiger partial charge in [0, 0.05) is 18.0 Å². The van der Waals surface area contributed by atoms with Crippen LogP contribution < -0.4 is 14.9 Å². The Morgan fingerprint density at radius 2 is 1.85 bits per heavy atom. The summed E-state index contributed by atoms with van der Waals surface area (Å²) in [7, 11) is 3.39. The fourth-order valence-corrected chi connectivity index (χ4v) is 3.83. The monoisotopic (exact) mass is 380 g/mol. The third-order valence-corrected chi connectivity index (χ3v) is 4.89. The molecule has 1 fully saturated rings. The second-order valence-electron chi connectivity index (χ2n) is 6.47. The third-order valence-electron chi connectivity index (χ3n) is 4.89. The number of nitrogens with zero attached hydrogens (tertiary/aromatic N) is 1. The van der Waals surface area contributed by atoms with Crippen molar-refractivity contribution in [1.82, 2.24) is 10.4 Å². The number of rotatable bonds is 5. The third kappa shape index (κ3) is 4.54. The number of hydrogen-bond acceptors (Lipinski definition) is 4. The molecule has 2 atom stereocenters. The van der Waals surface area contributed by atoms with E-state index in [1.807, 2.05) is 37.4 Å². The van der Waals surface area contributed by atoms with Gasteiger partial charge in [-0.3, -0.25) is 5.43 Å². The van der Waals surface area contributed by atoms with Crippen LogP contribution in [0.15, 0.2) is 48.5 Å². The first-order valence-electron chi connectivity index (χ1n) is 8.85. The SMILES string of the molecule is CNN1CCCC(c2cc(OC(F)(F)F)ccc2OC)C1c1ccccc1. The molecule has 1 N–H and O–H groups in total. The maximum Gasteiger partial charge on any atom is 0.573 e. The van der Waals surface area contributed by atoms with Crippen molar-refractivity contribution in [3.63, 3.8) is 0 Å². The van der Waals surface area contributed by atoms with E-state index in [2.05, 4.69) is 15.2 Å². The molecule has 0 saturated carbocycles. The largest absolute Gasteiger partial charge is 0.573 e. The average molecular weight is 380 g/mol. The van der Waals surface area contributed by atoms with E-state index in [4.69, 9.17) is 4.74 Å². The highest BCUT2D eigenvalue weighted by atomic mass is 19.4. The van der Waals surface area contributed by atoms with Crippen LogP contribution in [-0.4, -0.2) is 32.1 Å². The van der Waals surface area contributed by atoms with Crippen molar-refractivity contribution in [2.24, 2.45) is 0 Å². The van der Waals surface area contributed by atoms with Crippen molar-refractivity contribution in [2.75, 3.05) is 20.7 Å². The zero-order valence-corrected chi connectivity index (χ0v) is 15.3. The van der Waals surface area contributed by atoms with Gasteiger partial charge in [-0.05, 0) is 43.7 Å². The number of methoxy groups -OCH3 is 1. The van der Waals surface area contributed by atoms with Crippen LogP contribution in [0.25, 0.3) is 0 Å². The summed E-state index contributed by atoms with van der Waals surface area (Å²) in [6, 6.07) is 14.2. The number of ether oxygens (including phenoxy) is 2. The first-order valence-corrected chi connectivity index (χ1v) is 8.85. The van der Waals surface area contributed by atoms with Gasteiger partial charge in [-0.2, -0.15) is 0 Å². The zero-order chi connectivity index (χ0) is 19.4. The summed E-state index contributed by atoms with van der Waals surface area (Å²) in [5.74, 6) is 0.292. The lowest BCUT2D eigenvalue weighted by molar-refractivity contribution is -0.274. The molecule has 7 heteroatoms. The normalized spacial score (nSPS) is 21.1. The highest BCUT2D eigenvalue weighted by Gasteiger charge is 2.36. The fourth-order valence-electron chi connectivity index (χ4n) is 3.83. The van der Waals surface area contributed by atoms with Gasteiger partial charge in [0.2, 0.25) is 0 Å². The van der Waals surface area contributed by atoms with E-state index in [-0.39, 0.29) is 17.7 Å². The van der Waals surface area contributed by atoms with Gasteiger partial charge in [-0.1, -0.05) is 30.3 Å². The molecule has 3 rings (SSSR count). The molecule has 27 heavy (non-hydrogen) atoms. The Bertz CT molecular complexity index is 753. The molecule has 0 aromatic heterocycles. The van der Waals surface area contributed by atoms with E-state index in [0.717, 1.165) is 24.9 Å². The van der Waals surface area contributed by atoms with Crippen molar-refractivity contribution < 1.29 is 22.6 Å². The summed E-state index contributed by atoms with van der Waals surface area (Å²) in [5.41, 5.74) is 5.04. The molecule has 2 unspecified atom stereocenters. The van der Waals surface area contributed by atoms with Crippen molar-refractivity contribution in [3.05, 3.63) is 59.7 Å². The van der Waals surface area contributed by atoms with E-state index in [1.165, 1.54) is 25.3 Å². The minimum atomic E-state index is -4.73. The second kappa shape index (κ2) is 8.19. The van der Waals surface area contributed by atoms with Crippen molar-refractivity contribution in [1.29, 1.82) is 0 Å². The maximum atomic E-state index is 12.7.